The maximum Gasteiger partial charge on any atom is 0.252 e. The number of carbonyl (C=O) groups is 1. The molecule has 1 atom stereocenters. The van der Waals surface area contributed by atoms with Gasteiger partial charge in [-0.05, 0) is 43.5 Å². The second-order valence-electron chi connectivity index (χ2n) is 7.34. The molecule has 1 aliphatic rings. The van der Waals surface area contributed by atoms with Crippen LogP contribution in [0.3, 0.4) is 0 Å². The number of benzene rings is 2. The summed E-state index contributed by atoms with van der Waals surface area (Å²) in [5.74, 6) is -0.269. The van der Waals surface area contributed by atoms with Gasteiger partial charge in [-0.15, -0.1) is 0 Å². The number of amides is 1. The van der Waals surface area contributed by atoms with Crippen molar-refractivity contribution < 1.29 is 17.9 Å². The summed E-state index contributed by atoms with van der Waals surface area (Å²) < 4.78 is 32.5. The van der Waals surface area contributed by atoms with Crippen molar-refractivity contribution in [3.8, 4) is 0 Å². The van der Waals surface area contributed by atoms with E-state index < -0.39 is 10.0 Å². The molecule has 3 rings (SSSR count). The molecule has 1 amide bonds. The maximum absolute atomic E-state index is 13.0. The third-order valence-electron chi connectivity index (χ3n) is 5.25. The quantitative estimate of drug-likeness (QED) is 0.785. The lowest BCUT2D eigenvalue weighted by molar-refractivity contribution is 0.0730. The Morgan fingerprint density at radius 2 is 1.76 bits per heavy atom. The van der Waals surface area contributed by atoms with Crippen molar-refractivity contribution >= 4 is 15.9 Å². The van der Waals surface area contributed by atoms with Crippen molar-refractivity contribution in [2.75, 3.05) is 26.3 Å². The van der Waals surface area contributed by atoms with Crippen LogP contribution >= 0.6 is 0 Å². The second-order valence-corrected chi connectivity index (χ2v) is 9.28. The van der Waals surface area contributed by atoms with E-state index in [1.807, 2.05) is 45.0 Å². The predicted octanol–water partition coefficient (Wildman–Crippen LogP) is 3.21. The van der Waals surface area contributed by atoms with Crippen LogP contribution in [0.25, 0.3) is 0 Å². The number of ether oxygens (including phenoxy) is 1. The Morgan fingerprint density at radius 1 is 1.10 bits per heavy atom. The van der Waals surface area contributed by atoms with Gasteiger partial charge in [-0.1, -0.05) is 42.8 Å². The van der Waals surface area contributed by atoms with Crippen LogP contribution in [0.15, 0.2) is 47.4 Å². The fourth-order valence-corrected chi connectivity index (χ4v) is 4.83. The molecule has 6 nitrogen and oxygen atoms in total. The zero-order valence-corrected chi connectivity index (χ0v) is 18.0. The Bertz CT molecular complexity index is 965. The minimum absolute atomic E-state index is 0.137. The summed E-state index contributed by atoms with van der Waals surface area (Å²) in [4.78, 5) is 13.1. The van der Waals surface area contributed by atoms with Crippen molar-refractivity contribution in [1.29, 1.82) is 0 Å². The monoisotopic (exact) mass is 416 g/mol. The second kappa shape index (κ2) is 9.07. The van der Waals surface area contributed by atoms with Crippen LogP contribution in [0.5, 0.6) is 0 Å². The van der Waals surface area contributed by atoms with Crippen molar-refractivity contribution in [2.24, 2.45) is 0 Å². The largest absolute Gasteiger partial charge is 0.379 e. The third kappa shape index (κ3) is 4.86. The molecule has 0 unspecified atom stereocenters. The molecule has 1 aliphatic heterocycles. The first-order valence-electron chi connectivity index (χ1n) is 9.89. The molecule has 0 aliphatic carbocycles. The van der Waals surface area contributed by atoms with Gasteiger partial charge in [0.25, 0.3) is 5.91 Å². The highest BCUT2D eigenvalue weighted by Crippen LogP contribution is 2.22. The summed E-state index contributed by atoms with van der Waals surface area (Å²) in [6, 6.07) is 12.7. The summed E-state index contributed by atoms with van der Waals surface area (Å²) in [5.41, 5.74) is 3.31. The lowest BCUT2D eigenvalue weighted by Gasteiger charge is -2.26. The number of carbonyl (C=O) groups excluding carboxylic acids is 1. The van der Waals surface area contributed by atoms with E-state index in [-0.39, 0.29) is 16.8 Å². The molecule has 0 bridgehead atoms. The Balaban J connectivity index is 1.85. The molecule has 1 N–H and O–H groups in total. The van der Waals surface area contributed by atoms with Gasteiger partial charge < -0.3 is 10.1 Å². The SMILES string of the molecule is CC[C@@H](NC(=O)c1cc(S(=O)(=O)N2CCOCC2)ccc1C)c1ccc(C)cc1. The number of morpholine rings is 1. The lowest BCUT2D eigenvalue weighted by atomic mass is 10.0. The van der Waals surface area contributed by atoms with Gasteiger partial charge in [0.1, 0.15) is 0 Å². The smallest absolute Gasteiger partial charge is 0.252 e. The average molecular weight is 417 g/mol. The standard InChI is InChI=1S/C22H28N2O4S/c1-4-21(18-8-5-16(2)6-9-18)23-22(25)20-15-19(10-7-17(20)3)29(26,27)24-11-13-28-14-12-24/h5-10,15,21H,4,11-14H2,1-3H3,(H,23,25)/t21-/m1/s1. The van der Waals surface area contributed by atoms with E-state index in [0.717, 1.165) is 23.1 Å². The number of rotatable bonds is 6. The minimum Gasteiger partial charge on any atom is -0.379 e. The molecule has 7 heteroatoms. The Kier molecular flexibility index (Phi) is 6.72. The number of sulfonamides is 1. The van der Waals surface area contributed by atoms with Gasteiger partial charge in [-0.3, -0.25) is 4.79 Å². The topological polar surface area (TPSA) is 75.7 Å². The molecule has 1 heterocycles. The molecule has 29 heavy (non-hydrogen) atoms. The van der Waals surface area contributed by atoms with E-state index in [2.05, 4.69) is 5.32 Å². The van der Waals surface area contributed by atoms with Crippen molar-refractivity contribution in [2.45, 2.75) is 38.1 Å². The van der Waals surface area contributed by atoms with E-state index in [1.54, 1.807) is 12.1 Å². The molecule has 0 spiro atoms. The first-order chi connectivity index (χ1) is 13.8. The van der Waals surface area contributed by atoms with Crippen LogP contribution in [0, 0.1) is 13.8 Å². The van der Waals surface area contributed by atoms with Gasteiger partial charge in [0.2, 0.25) is 10.0 Å². The fraction of sp³-hybridized carbons (Fsp3) is 0.409. The van der Waals surface area contributed by atoms with Crippen molar-refractivity contribution in [1.82, 2.24) is 9.62 Å². The summed E-state index contributed by atoms with van der Waals surface area (Å²) in [7, 11) is -3.65. The molecule has 2 aromatic rings. The van der Waals surface area contributed by atoms with Crippen LogP contribution in [0.4, 0.5) is 0 Å². The van der Waals surface area contributed by atoms with Gasteiger partial charge in [-0.2, -0.15) is 4.31 Å². The summed E-state index contributed by atoms with van der Waals surface area (Å²) in [5, 5.41) is 3.05. The van der Waals surface area contributed by atoms with Gasteiger partial charge in [0, 0.05) is 18.7 Å². The van der Waals surface area contributed by atoms with Crippen LogP contribution in [-0.4, -0.2) is 44.9 Å². The number of hydrogen-bond donors (Lipinski definition) is 1. The molecular weight excluding hydrogens is 388 g/mol. The molecule has 1 fully saturated rings. The van der Waals surface area contributed by atoms with E-state index in [4.69, 9.17) is 4.74 Å². The first-order valence-corrected chi connectivity index (χ1v) is 11.3. The predicted molar refractivity (Wildman–Crippen MR) is 112 cm³/mol. The van der Waals surface area contributed by atoms with Crippen molar-refractivity contribution in [3.05, 3.63) is 64.7 Å². The van der Waals surface area contributed by atoms with Gasteiger partial charge in [-0.25, -0.2) is 8.42 Å². The van der Waals surface area contributed by atoms with E-state index in [0.29, 0.717) is 31.9 Å². The van der Waals surface area contributed by atoms with Crippen LogP contribution in [0.1, 0.15) is 46.4 Å². The summed E-state index contributed by atoms with van der Waals surface area (Å²) in [6.07, 6.45) is 0.736. The van der Waals surface area contributed by atoms with E-state index in [1.165, 1.54) is 10.4 Å². The van der Waals surface area contributed by atoms with E-state index >= 15 is 0 Å². The number of nitrogens with zero attached hydrogens (tertiary/aromatic N) is 1. The Hall–Kier alpha value is -2.22. The molecule has 2 aromatic carbocycles. The molecule has 0 saturated carbocycles. The Morgan fingerprint density at radius 3 is 2.38 bits per heavy atom. The first kappa shape index (κ1) is 21.5. The summed E-state index contributed by atoms with van der Waals surface area (Å²) in [6.45, 7) is 7.25. The molecule has 1 saturated heterocycles. The molecule has 0 radical (unpaired) electrons. The van der Waals surface area contributed by atoms with Crippen LogP contribution in [0.2, 0.25) is 0 Å². The molecule has 156 valence electrons. The normalized spacial score (nSPS) is 16.4. The van der Waals surface area contributed by atoms with Crippen molar-refractivity contribution in [3.63, 3.8) is 0 Å². The van der Waals surface area contributed by atoms with Crippen LogP contribution in [-0.2, 0) is 14.8 Å². The zero-order chi connectivity index (χ0) is 21.0. The third-order valence-corrected chi connectivity index (χ3v) is 7.15. The highest BCUT2D eigenvalue weighted by atomic mass is 32.2. The fourth-order valence-electron chi connectivity index (χ4n) is 3.40. The summed E-state index contributed by atoms with van der Waals surface area (Å²) >= 11 is 0. The molecular formula is C22H28N2O4S. The Labute approximate surface area is 172 Å². The highest BCUT2D eigenvalue weighted by Gasteiger charge is 2.27. The van der Waals surface area contributed by atoms with Gasteiger partial charge >= 0.3 is 0 Å². The maximum atomic E-state index is 13.0. The highest BCUT2D eigenvalue weighted by molar-refractivity contribution is 7.89. The number of nitrogens with one attached hydrogen (secondary N) is 1. The van der Waals surface area contributed by atoms with Gasteiger partial charge in [0.15, 0.2) is 0 Å². The van der Waals surface area contributed by atoms with Gasteiger partial charge in [0.05, 0.1) is 24.2 Å². The molecule has 0 aromatic heterocycles. The lowest BCUT2D eigenvalue weighted by Crippen LogP contribution is -2.40. The minimum atomic E-state index is -3.65. The average Bonchev–Trinajstić information content (AvgIpc) is 2.73. The number of aryl methyl sites for hydroxylation is 2. The zero-order valence-electron chi connectivity index (χ0n) is 17.1. The van der Waals surface area contributed by atoms with Crippen LogP contribution < -0.4 is 5.32 Å². The number of hydrogen-bond acceptors (Lipinski definition) is 4. The van der Waals surface area contributed by atoms with E-state index in [9.17, 15) is 13.2 Å².